The number of sulfone groups is 1. The number of rotatable bonds is 6. The van der Waals surface area contributed by atoms with Gasteiger partial charge in [0.05, 0.1) is 11.5 Å². The van der Waals surface area contributed by atoms with Crippen molar-refractivity contribution in [3.8, 4) is 6.07 Å². The first kappa shape index (κ1) is 16.5. The predicted molar refractivity (Wildman–Crippen MR) is 76.4 cm³/mol. The van der Waals surface area contributed by atoms with E-state index in [9.17, 15) is 13.2 Å². The van der Waals surface area contributed by atoms with Crippen molar-refractivity contribution in [1.82, 2.24) is 10.2 Å². The smallest absolute Gasteiger partial charge is 0.263 e. The maximum absolute atomic E-state index is 11.8. The molecule has 1 heterocycles. The predicted octanol–water partition coefficient (Wildman–Crippen LogP) is 0.429. The van der Waals surface area contributed by atoms with Gasteiger partial charge in [-0.25, -0.2) is 8.42 Å². The van der Waals surface area contributed by atoms with Crippen molar-refractivity contribution in [3.05, 3.63) is 11.8 Å². The lowest BCUT2D eigenvalue weighted by atomic mass is 10.2. The molecule has 1 aliphatic rings. The fourth-order valence-electron chi connectivity index (χ4n) is 2.13. The first-order valence-corrected chi connectivity index (χ1v) is 8.62. The topological polar surface area (TPSA) is 90.3 Å². The van der Waals surface area contributed by atoms with Crippen LogP contribution in [0.1, 0.15) is 26.7 Å². The van der Waals surface area contributed by atoms with E-state index in [0.717, 1.165) is 6.42 Å². The summed E-state index contributed by atoms with van der Waals surface area (Å²) in [6, 6.07) is 1.73. The zero-order valence-electron chi connectivity index (χ0n) is 11.9. The molecule has 1 amide bonds. The van der Waals surface area contributed by atoms with Crippen molar-refractivity contribution in [3.63, 3.8) is 0 Å². The van der Waals surface area contributed by atoms with Gasteiger partial charge >= 0.3 is 0 Å². The van der Waals surface area contributed by atoms with E-state index in [-0.39, 0.29) is 23.1 Å². The second kappa shape index (κ2) is 7.29. The van der Waals surface area contributed by atoms with Gasteiger partial charge < -0.3 is 10.2 Å². The Hall–Kier alpha value is -1.55. The lowest BCUT2D eigenvalue weighted by Crippen LogP contribution is -2.33. The number of nitrogens with zero attached hydrogens (tertiary/aromatic N) is 2. The van der Waals surface area contributed by atoms with Gasteiger partial charge in [-0.1, -0.05) is 6.92 Å². The van der Waals surface area contributed by atoms with Crippen LogP contribution >= 0.6 is 0 Å². The highest BCUT2D eigenvalue weighted by Gasteiger charge is 2.31. The van der Waals surface area contributed by atoms with Gasteiger partial charge in [-0.3, -0.25) is 4.79 Å². The SMILES string of the molecule is CCCNC(=O)/C(C#N)=C\N(CC)C1CCS(=O)(=O)C1. The lowest BCUT2D eigenvalue weighted by Gasteiger charge is -2.25. The Labute approximate surface area is 120 Å². The Morgan fingerprint density at radius 2 is 2.20 bits per heavy atom. The van der Waals surface area contributed by atoms with Crippen LogP contribution in [0.2, 0.25) is 0 Å². The number of nitriles is 1. The minimum absolute atomic E-state index is 0.0181. The minimum atomic E-state index is -2.98. The van der Waals surface area contributed by atoms with E-state index in [1.807, 2.05) is 19.9 Å². The molecule has 0 spiro atoms. The van der Waals surface area contributed by atoms with E-state index in [1.165, 1.54) is 6.20 Å². The summed E-state index contributed by atoms with van der Waals surface area (Å²) >= 11 is 0. The monoisotopic (exact) mass is 299 g/mol. The first-order valence-electron chi connectivity index (χ1n) is 6.79. The van der Waals surface area contributed by atoms with Crippen LogP contribution in [0.4, 0.5) is 0 Å². The van der Waals surface area contributed by atoms with E-state index in [4.69, 9.17) is 5.26 Å². The quantitative estimate of drug-likeness (QED) is 0.567. The summed E-state index contributed by atoms with van der Waals surface area (Å²) in [7, 11) is -2.98. The van der Waals surface area contributed by atoms with Crippen LogP contribution < -0.4 is 5.32 Å². The average molecular weight is 299 g/mol. The van der Waals surface area contributed by atoms with Gasteiger partial charge in [0.15, 0.2) is 9.84 Å². The zero-order chi connectivity index (χ0) is 15.2. The third-order valence-electron chi connectivity index (χ3n) is 3.24. The molecule has 0 saturated carbocycles. The molecule has 0 aromatic heterocycles. The summed E-state index contributed by atoms with van der Waals surface area (Å²) in [5.41, 5.74) is 0.0181. The summed E-state index contributed by atoms with van der Waals surface area (Å²) in [6.07, 6.45) is 2.82. The number of nitrogens with one attached hydrogen (secondary N) is 1. The molecule has 1 aliphatic heterocycles. The molecular formula is C13H21N3O3S. The molecule has 0 bridgehead atoms. The van der Waals surface area contributed by atoms with Crippen molar-refractivity contribution in [2.24, 2.45) is 0 Å². The highest BCUT2D eigenvalue weighted by molar-refractivity contribution is 7.91. The van der Waals surface area contributed by atoms with E-state index in [2.05, 4.69) is 5.32 Å². The Morgan fingerprint density at radius 1 is 1.50 bits per heavy atom. The van der Waals surface area contributed by atoms with Crippen molar-refractivity contribution in [2.45, 2.75) is 32.7 Å². The highest BCUT2D eigenvalue weighted by Crippen LogP contribution is 2.18. The molecule has 0 radical (unpaired) electrons. The summed E-state index contributed by atoms with van der Waals surface area (Å²) in [5, 5.41) is 11.7. The lowest BCUT2D eigenvalue weighted by molar-refractivity contribution is -0.117. The number of carbonyl (C=O) groups is 1. The fourth-order valence-corrected chi connectivity index (χ4v) is 3.87. The molecule has 0 aliphatic carbocycles. The second-order valence-electron chi connectivity index (χ2n) is 4.80. The van der Waals surface area contributed by atoms with Crippen LogP contribution in [0.15, 0.2) is 11.8 Å². The molecule has 0 aromatic carbocycles. The van der Waals surface area contributed by atoms with Crippen molar-refractivity contribution >= 4 is 15.7 Å². The molecule has 1 N–H and O–H groups in total. The summed E-state index contributed by atoms with van der Waals surface area (Å²) < 4.78 is 23.0. The van der Waals surface area contributed by atoms with Crippen molar-refractivity contribution < 1.29 is 13.2 Å². The van der Waals surface area contributed by atoms with Gasteiger partial charge in [-0.2, -0.15) is 5.26 Å². The maximum Gasteiger partial charge on any atom is 0.263 e. The Bertz CT molecular complexity index is 519. The molecular weight excluding hydrogens is 278 g/mol. The molecule has 112 valence electrons. The van der Waals surface area contributed by atoms with Gasteiger partial charge in [-0.15, -0.1) is 0 Å². The molecule has 1 unspecified atom stereocenters. The van der Waals surface area contributed by atoms with Crippen LogP contribution in [0.25, 0.3) is 0 Å². The summed E-state index contributed by atoms with van der Waals surface area (Å²) in [5.74, 6) is -0.146. The molecule has 6 nitrogen and oxygen atoms in total. The van der Waals surface area contributed by atoms with Crippen molar-refractivity contribution in [1.29, 1.82) is 5.26 Å². The summed E-state index contributed by atoms with van der Waals surface area (Å²) in [4.78, 5) is 13.6. The van der Waals surface area contributed by atoms with Gasteiger partial charge in [-0.05, 0) is 19.8 Å². The Balaban J connectivity index is 2.81. The molecule has 1 atom stereocenters. The molecule has 7 heteroatoms. The minimum Gasteiger partial charge on any atom is -0.372 e. The Morgan fingerprint density at radius 3 is 2.65 bits per heavy atom. The largest absolute Gasteiger partial charge is 0.372 e. The molecule has 1 saturated heterocycles. The second-order valence-corrected chi connectivity index (χ2v) is 7.03. The van der Waals surface area contributed by atoms with Crippen LogP contribution in [-0.4, -0.2) is 49.9 Å². The van der Waals surface area contributed by atoms with E-state index in [0.29, 0.717) is 19.5 Å². The molecule has 0 aromatic rings. The average Bonchev–Trinajstić information content (AvgIpc) is 2.77. The number of hydrogen-bond donors (Lipinski definition) is 1. The van der Waals surface area contributed by atoms with Crippen LogP contribution in [0.3, 0.4) is 0 Å². The number of carbonyl (C=O) groups excluding carboxylic acids is 1. The fraction of sp³-hybridized carbons (Fsp3) is 0.692. The molecule has 1 fully saturated rings. The van der Waals surface area contributed by atoms with E-state index in [1.54, 1.807) is 4.90 Å². The normalized spacial score (nSPS) is 21.2. The van der Waals surface area contributed by atoms with Gasteiger partial charge in [0.2, 0.25) is 0 Å². The third kappa shape index (κ3) is 4.53. The molecule has 1 rings (SSSR count). The van der Waals surface area contributed by atoms with E-state index < -0.39 is 15.7 Å². The van der Waals surface area contributed by atoms with Gasteiger partial charge in [0, 0.05) is 25.3 Å². The number of amides is 1. The maximum atomic E-state index is 11.8. The van der Waals surface area contributed by atoms with Crippen LogP contribution in [-0.2, 0) is 14.6 Å². The highest BCUT2D eigenvalue weighted by atomic mass is 32.2. The summed E-state index contributed by atoms with van der Waals surface area (Å²) in [6.45, 7) is 4.88. The first-order chi connectivity index (χ1) is 9.43. The van der Waals surface area contributed by atoms with Gasteiger partial charge in [0.25, 0.3) is 5.91 Å². The Kier molecular flexibility index (Phi) is 6.02. The zero-order valence-corrected chi connectivity index (χ0v) is 12.7. The van der Waals surface area contributed by atoms with Crippen molar-refractivity contribution in [2.75, 3.05) is 24.6 Å². The standard InChI is InChI=1S/C13H21N3O3S/c1-3-6-15-13(17)11(8-14)9-16(4-2)12-5-7-20(18,19)10-12/h9,12H,3-7,10H2,1-2H3,(H,15,17)/b11-9-. The van der Waals surface area contributed by atoms with Gasteiger partial charge in [0.1, 0.15) is 11.6 Å². The van der Waals surface area contributed by atoms with Crippen LogP contribution in [0, 0.1) is 11.3 Å². The van der Waals surface area contributed by atoms with E-state index >= 15 is 0 Å². The van der Waals surface area contributed by atoms with Crippen LogP contribution in [0.5, 0.6) is 0 Å². The molecule has 20 heavy (non-hydrogen) atoms. The third-order valence-corrected chi connectivity index (χ3v) is 4.99. The number of hydrogen-bond acceptors (Lipinski definition) is 5.